The van der Waals surface area contributed by atoms with Crippen LogP contribution in [0.3, 0.4) is 0 Å². The minimum Gasteiger partial charge on any atom is -0.0648 e. The Kier molecular flexibility index (Phi) is 5.96. The van der Waals surface area contributed by atoms with Crippen LogP contribution in [0.1, 0.15) is 87.8 Å². The molecule has 31 heavy (non-hydrogen) atoms. The summed E-state index contributed by atoms with van der Waals surface area (Å²) in [6, 6.07) is 16.2. The maximum absolute atomic E-state index is 2.53. The zero-order chi connectivity index (χ0) is 20.3. The van der Waals surface area contributed by atoms with Gasteiger partial charge in [-0.3, -0.25) is 0 Å². The minimum atomic E-state index is 0. The average Bonchev–Trinajstić information content (AvgIpc) is 3.14. The predicted molar refractivity (Wildman–Crippen MR) is 127 cm³/mol. The Bertz CT molecular complexity index is 945. The number of hydrogen-bond donors (Lipinski definition) is 0. The molecule has 0 aliphatic heterocycles. The molecule has 0 aromatic heterocycles. The van der Waals surface area contributed by atoms with Gasteiger partial charge in [0.25, 0.3) is 0 Å². The van der Waals surface area contributed by atoms with Gasteiger partial charge >= 0.3 is 0 Å². The first kappa shape index (κ1) is 21.9. The third-order valence-electron chi connectivity index (χ3n) is 8.96. The molecule has 0 nitrogen and oxygen atoms in total. The van der Waals surface area contributed by atoms with Gasteiger partial charge in [-0.15, -0.1) is 0 Å². The van der Waals surface area contributed by atoms with Gasteiger partial charge in [0, 0.05) is 32.6 Å². The standard InChI is InChI=1S/C30H35.Zr/c1-3-20(2)25-7-9-26(10-8-25)28-6-4-5-27-14-24(15-29(27)28)19-30-16-21-11-22(17-30)13-23(12-21)18-30;/h4-10,14-15,20-23H,3,11-13,16-19H2,1-2H3;. The second kappa shape index (κ2) is 8.44. The monoisotopic (exact) mass is 485 g/mol. The van der Waals surface area contributed by atoms with E-state index in [1.54, 1.807) is 5.57 Å². The maximum Gasteiger partial charge on any atom is 0.0164 e. The molecule has 0 spiro atoms. The molecule has 1 unspecified atom stereocenters. The maximum atomic E-state index is 2.53. The van der Waals surface area contributed by atoms with Crippen LogP contribution in [0.2, 0.25) is 0 Å². The summed E-state index contributed by atoms with van der Waals surface area (Å²) in [5.74, 6) is 3.77. The first-order valence-corrected chi connectivity index (χ1v) is 12.4. The summed E-state index contributed by atoms with van der Waals surface area (Å²) < 4.78 is 0. The summed E-state index contributed by atoms with van der Waals surface area (Å²) in [7, 11) is 0. The van der Waals surface area contributed by atoms with Crippen molar-refractivity contribution in [1.82, 2.24) is 0 Å². The van der Waals surface area contributed by atoms with Gasteiger partial charge in [-0.25, -0.2) is 0 Å². The molecule has 7 rings (SSSR count). The molecule has 4 bridgehead atoms. The summed E-state index contributed by atoms with van der Waals surface area (Å²) >= 11 is 0. The van der Waals surface area contributed by atoms with Crippen LogP contribution in [0.4, 0.5) is 0 Å². The van der Waals surface area contributed by atoms with Crippen LogP contribution in [-0.4, -0.2) is 0 Å². The Labute approximate surface area is 208 Å². The molecule has 159 valence electrons. The van der Waals surface area contributed by atoms with Crippen molar-refractivity contribution in [3.05, 3.63) is 71.1 Å². The second-order valence-corrected chi connectivity index (χ2v) is 11.2. The molecule has 1 atom stereocenters. The van der Waals surface area contributed by atoms with Crippen LogP contribution < -0.4 is 0 Å². The number of fused-ring (bicyclic) bond motifs is 1. The van der Waals surface area contributed by atoms with E-state index in [0.717, 1.165) is 17.8 Å². The molecule has 1 heteroatoms. The molecule has 5 aliphatic rings. The molecule has 4 fully saturated rings. The van der Waals surface area contributed by atoms with Gasteiger partial charge in [-0.05, 0) is 108 Å². The van der Waals surface area contributed by atoms with E-state index < -0.39 is 0 Å². The third kappa shape index (κ3) is 3.99. The molecule has 2 aromatic carbocycles. The molecule has 0 heterocycles. The van der Waals surface area contributed by atoms with Gasteiger partial charge in [-0.1, -0.05) is 68.0 Å². The summed E-state index contributed by atoms with van der Waals surface area (Å²) in [6.45, 7) is 4.60. The smallest absolute Gasteiger partial charge is 0.0164 e. The van der Waals surface area contributed by atoms with Crippen LogP contribution in [0.5, 0.6) is 0 Å². The molecule has 5 aliphatic carbocycles. The minimum absolute atomic E-state index is 0. The molecule has 1 radical (unpaired) electrons. The number of allylic oxidation sites excluding steroid dienone is 1. The van der Waals surface area contributed by atoms with E-state index in [1.807, 2.05) is 0 Å². The van der Waals surface area contributed by atoms with Gasteiger partial charge in [0.15, 0.2) is 0 Å². The van der Waals surface area contributed by atoms with Crippen molar-refractivity contribution in [1.29, 1.82) is 0 Å². The Morgan fingerprint density at radius 3 is 2.16 bits per heavy atom. The Morgan fingerprint density at radius 1 is 0.903 bits per heavy atom. The van der Waals surface area contributed by atoms with Crippen molar-refractivity contribution >= 4 is 6.08 Å². The van der Waals surface area contributed by atoms with Gasteiger partial charge in [0.05, 0.1) is 0 Å². The van der Waals surface area contributed by atoms with Crippen LogP contribution in [-0.2, 0) is 26.2 Å². The first-order chi connectivity index (χ1) is 14.6. The quantitative estimate of drug-likeness (QED) is 0.398. The third-order valence-corrected chi connectivity index (χ3v) is 8.96. The van der Waals surface area contributed by atoms with Crippen molar-refractivity contribution in [3.63, 3.8) is 0 Å². The molecule has 0 amide bonds. The fraction of sp³-hybridized carbons (Fsp3) is 0.500. The fourth-order valence-electron chi connectivity index (χ4n) is 7.82. The second-order valence-electron chi connectivity index (χ2n) is 11.2. The van der Waals surface area contributed by atoms with E-state index in [0.29, 0.717) is 11.3 Å². The Hall–Kier alpha value is -0.937. The normalized spacial score (nSPS) is 31.2. The van der Waals surface area contributed by atoms with Crippen LogP contribution in [0, 0.1) is 29.6 Å². The van der Waals surface area contributed by atoms with Crippen molar-refractivity contribution in [2.75, 3.05) is 0 Å². The van der Waals surface area contributed by atoms with Crippen LogP contribution >= 0.6 is 0 Å². The van der Waals surface area contributed by atoms with E-state index >= 15 is 0 Å². The Balaban J connectivity index is 0.00000204. The summed E-state index contributed by atoms with van der Waals surface area (Å²) in [5.41, 5.74) is 9.32. The van der Waals surface area contributed by atoms with E-state index in [1.165, 1.54) is 79.2 Å². The zero-order valence-corrected chi connectivity index (χ0v) is 21.6. The van der Waals surface area contributed by atoms with Crippen molar-refractivity contribution in [2.24, 2.45) is 23.2 Å². The van der Waals surface area contributed by atoms with E-state index in [-0.39, 0.29) is 26.2 Å². The number of hydrogen-bond acceptors (Lipinski definition) is 0. The van der Waals surface area contributed by atoms with Gasteiger partial charge < -0.3 is 0 Å². The average molecular weight is 487 g/mol. The van der Waals surface area contributed by atoms with E-state index in [2.05, 4.69) is 68.8 Å². The fourth-order valence-corrected chi connectivity index (χ4v) is 7.82. The topological polar surface area (TPSA) is 0 Å². The van der Waals surface area contributed by atoms with E-state index in [4.69, 9.17) is 0 Å². The summed E-state index contributed by atoms with van der Waals surface area (Å²) in [6.07, 6.45) is 16.7. The molecule has 4 saturated carbocycles. The first-order valence-electron chi connectivity index (χ1n) is 12.4. The largest absolute Gasteiger partial charge is 0.0648 e. The van der Waals surface area contributed by atoms with Gasteiger partial charge in [0.2, 0.25) is 0 Å². The van der Waals surface area contributed by atoms with Gasteiger partial charge in [0.1, 0.15) is 0 Å². The van der Waals surface area contributed by atoms with Crippen LogP contribution in [0.15, 0.2) is 48.0 Å². The molecule has 2 aromatic rings. The van der Waals surface area contributed by atoms with Crippen LogP contribution in [0.25, 0.3) is 17.2 Å². The summed E-state index contributed by atoms with van der Waals surface area (Å²) in [4.78, 5) is 0. The van der Waals surface area contributed by atoms with Crippen molar-refractivity contribution in [2.45, 2.75) is 71.1 Å². The zero-order valence-electron chi connectivity index (χ0n) is 19.2. The molecular weight excluding hydrogens is 452 g/mol. The number of rotatable bonds is 5. The number of benzene rings is 2. The van der Waals surface area contributed by atoms with Crippen molar-refractivity contribution in [3.8, 4) is 11.1 Å². The molecule has 0 N–H and O–H groups in total. The predicted octanol–water partition coefficient (Wildman–Crippen LogP) is 8.42. The Morgan fingerprint density at radius 2 is 1.55 bits per heavy atom. The van der Waals surface area contributed by atoms with Crippen molar-refractivity contribution < 1.29 is 26.2 Å². The van der Waals surface area contributed by atoms with Gasteiger partial charge in [-0.2, -0.15) is 0 Å². The summed E-state index contributed by atoms with van der Waals surface area (Å²) in [5, 5.41) is 0. The van der Waals surface area contributed by atoms with E-state index in [9.17, 15) is 0 Å². The molecule has 0 saturated heterocycles. The SMILES string of the molecule is CCC(C)c1ccc(-c2cccc3c2C=C(CC24CC5CC(CC(C5)C2)C4)[CH]3)cc1.[Zr]. The molecular formula is C30H35Zr.